The molecular weight excluding hydrogens is 622 g/mol. The standard InChI is InChI=1S/C33H38BrN7O3/c1-20-14-24(9-11-28(20)34)31(42)39-18-29-27(16-22(39)3)32(43)40(33(36-29)41-23(4)15-21(2)37-41)25-10-12-30(35-17-25)44-19-26-8-6-7-13-38(26)5/h9-12,14-15,17,22,26H,6-8,13,16,18-19H2,1-5H3. The second-order valence-electron chi connectivity index (χ2n) is 12.1. The summed E-state index contributed by atoms with van der Waals surface area (Å²) in [6, 6.07) is 11.4. The molecule has 230 valence electrons. The molecule has 2 unspecified atom stereocenters. The molecule has 2 aliphatic rings. The Hall–Kier alpha value is -3.83. The zero-order valence-corrected chi connectivity index (χ0v) is 27.5. The number of hydrogen-bond acceptors (Lipinski definition) is 7. The Morgan fingerprint density at radius 3 is 2.61 bits per heavy atom. The predicted octanol–water partition coefficient (Wildman–Crippen LogP) is 4.95. The highest BCUT2D eigenvalue weighted by Gasteiger charge is 2.32. The fourth-order valence-corrected chi connectivity index (χ4v) is 6.44. The van der Waals surface area contributed by atoms with Crippen LogP contribution in [0.1, 0.15) is 64.8 Å². The number of pyridine rings is 1. The van der Waals surface area contributed by atoms with Gasteiger partial charge in [0.05, 0.1) is 29.8 Å². The van der Waals surface area contributed by atoms with E-state index in [9.17, 15) is 9.59 Å². The molecule has 4 aromatic rings. The van der Waals surface area contributed by atoms with Crippen molar-refractivity contribution in [2.45, 2.75) is 72.0 Å². The first kappa shape index (κ1) is 30.2. The number of halogens is 1. The van der Waals surface area contributed by atoms with Crippen molar-refractivity contribution in [3.8, 4) is 17.5 Å². The van der Waals surface area contributed by atoms with E-state index in [-0.39, 0.29) is 24.1 Å². The highest BCUT2D eigenvalue weighted by atomic mass is 79.9. The van der Waals surface area contributed by atoms with E-state index < -0.39 is 0 Å². The maximum atomic E-state index is 14.3. The fourth-order valence-electron chi connectivity index (χ4n) is 6.19. The number of nitrogens with zero attached hydrogens (tertiary/aromatic N) is 7. The smallest absolute Gasteiger partial charge is 0.263 e. The highest BCUT2D eigenvalue weighted by molar-refractivity contribution is 9.10. The molecule has 1 amide bonds. The Balaban J connectivity index is 1.35. The summed E-state index contributed by atoms with van der Waals surface area (Å²) >= 11 is 3.52. The quantitative estimate of drug-likeness (QED) is 0.289. The number of carbonyl (C=O) groups excluding carboxylic acids is 1. The number of amides is 1. The molecule has 1 saturated heterocycles. The highest BCUT2D eigenvalue weighted by Crippen LogP contribution is 2.26. The van der Waals surface area contributed by atoms with Gasteiger partial charge >= 0.3 is 0 Å². The summed E-state index contributed by atoms with van der Waals surface area (Å²) in [4.78, 5) is 41.6. The molecular formula is C33H38BrN7O3. The number of likely N-dealkylation sites (tertiary alicyclic amines) is 1. The second-order valence-corrected chi connectivity index (χ2v) is 12.9. The molecule has 1 fully saturated rings. The number of aryl methyl sites for hydroxylation is 3. The van der Waals surface area contributed by atoms with Gasteiger partial charge in [0.15, 0.2) is 0 Å². The van der Waals surface area contributed by atoms with Crippen LogP contribution in [0, 0.1) is 20.8 Å². The maximum absolute atomic E-state index is 14.3. The van der Waals surface area contributed by atoms with E-state index in [1.807, 2.05) is 58.0 Å². The van der Waals surface area contributed by atoms with Crippen LogP contribution in [-0.2, 0) is 13.0 Å². The summed E-state index contributed by atoms with van der Waals surface area (Å²) in [5, 5.41) is 4.66. The summed E-state index contributed by atoms with van der Waals surface area (Å²) in [6.07, 6.45) is 5.59. The Bertz CT molecular complexity index is 1760. The van der Waals surface area contributed by atoms with Crippen LogP contribution in [-0.4, -0.2) is 72.3 Å². The van der Waals surface area contributed by atoms with Crippen molar-refractivity contribution in [3.63, 3.8) is 0 Å². The molecule has 5 heterocycles. The van der Waals surface area contributed by atoms with E-state index in [4.69, 9.17) is 9.72 Å². The first-order valence-electron chi connectivity index (χ1n) is 15.2. The number of ether oxygens (including phenoxy) is 1. The molecule has 44 heavy (non-hydrogen) atoms. The third-order valence-corrected chi connectivity index (χ3v) is 9.67. The van der Waals surface area contributed by atoms with Gasteiger partial charge in [0, 0.05) is 39.4 Å². The van der Waals surface area contributed by atoms with Gasteiger partial charge in [0.2, 0.25) is 11.8 Å². The summed E-state index contributed by atoms with van der Waals surface area (Å²) < 4.78 is 10.3. The van der Waals surface area contributed by atoms with Crippen LogP contribution in [0.15, 0.2) is 51.9 Å². The maximum Gasteiger partial charge on any atom is 0.263 e. The number of fused-ring (bicyclic) bond motifs is 1. The van der Waals surface area contributed by atoms with Crippen LogP contribution in [0.5, 0.6) is 5.88 Å². The minimum atomic E-state index is -0.187. The molecule has 0 radical (unpaired) electrons. The molecule has 0 saturated carbocycles. The average Bonchev–Trinajstić information content (AvgIpc) is 3.35. The van der Waals surface area contributed by atoms with Crippen LogP contribution in [0.25, 0.3) is 11.6 Å². The Morgan fingerprint density at radius 2 is 1.93 bits per heavy atom. The van der Waals surface area contributed by atoms with Crippen LogP contribution in [0.2, 0.25) is 0 Å². The molecule has 0 bridgehead atoms. The number of aromatic nitrogens is 5. The third kappa shape index (κ3) is 5.82. The van der Waals surface area contributed by atoms with Crippen molar-refractivity contribution in [1.82, 2.24) is 34.1 Å². The Kier molecular flexibility index (Phi) is 8.43. The average molecular weight is 661 g/mol. The minimum Gasteiger partial charge on any atom is -0.476 e. The van der Waals surface area contributed by atoms with Gasteiger partial charge in [-0.2, -0.15) is 5.10 Å². The summed E-state index contributed by atoms with van der Waals surface area (Å²) in [7, 11) is 2.14. The van der Waals surface area contributed by atoms with Crippen molar-refractivity contribution in [2.24, 2.45) is 0 Å². The van der Waals surface area contributed by atoms with Gasteiger partial charge in [-0.3, -0.25) is 9.59 Å². The van der Waals surface area contributed by atoms with Gasteiger partial charge < -0.3 is 14.5 Å². The van der Waals surface area contributed by atoms with E-state index in [0.29, 0.717) is 53.4 Å². The molecule has 3 aromatic heterocycles. The van der Waals surface area contributed by atoms with Gasteiger partial charge in [-0.15, -0.1) is 0 Å². The van der Waals surface area contributed by atoms with Crippen LogP contribution in [0.3, 0.4) is 0 Å². The molecule has 2 atom stereocenters. The van der Waals surface area contributed by atoms with E-state index >= 15 is 0 Å². The van der Waals surface area contributed by atoms with Crippen molar-refractivity contribution in [3.05, 3.63) is 91.2 Å². The van der Waals surface area contributed by atoms with Gasteiger partial charge in [0.1, 0.15) is 6.61 Å². The normalized spacial score (nSPS) is 18.7. The fraction of sp³-hybridized carbons (Fsp3) is 0.424. The molecule has 1 aromatic carbocycles. The molecule has 0 aliphatic carbocycles. The van der Waals surface area contributed by atoms with Crippen molar-refractivity contribution in [2.75, 3.05) is 20.2 Å². The monoisotopic (exact) mass is 659 g/mol. The van der Waals surface area contributed by atoms with Crippen molar-refractivity contribution in [1.29, 1.82) is 0 Å². The predicted molar refractivity (Wildman–Crippen MR) is 172 cm³/mol. The summed E-state index contributed by atoms with van der Waals surface area (Å²) in [5.41, 5.74) is 4.82. The van der Waals surface area contributed by atoms with E-state index in [0.717, 1.165) is 34.4 Å². The zero-order valence-electron chi connectivity index (χ0n) is 25.9. The molecule has 10 nitrogen and oxygen atoms in total. The van der Waals surface area contributed by atoms with Gasteiger partial charge in [-0.1, -0.05) is 22.4 Å². The number of rotatable bonds is 6. The number of carbonyl (C=O) groups is 1. The third-order valence-electron chi connectivity index (χ3n) is 8.79. The minimum absolute atomic E-state index is 0.0865. The Labute approximate surface area is 265 Å². The lowest BCUT2D eigenvalue weighted by Crippen LogP contribution is -2.46. The molecule has 11 heteroatoms. The Morgan fingerprint density at radius 1 is 1.11 bits per heavy atom. The van der Waals surface area contributed by atoms with E-state index in [1.54, 1.807) is 26.4 Å². The first-order valence-corrected chi connectivity index (χ1v) is 15.9. The first-order chi connectivity index (χ1) is 21.1. The lowest BCUT2D eigenvalue weighted by molar-refractivity contribution is 0.0652. The summed E-state index contributed by atoms with van der Waals surface area (Å²) in [6.45, 7) is 9.66. The van der Waals surface area contributed by atoms with Crippen molar-refractivity contribution < 1.29 is 9.53 Å². The molecule has 6 rings (SSSR count). The topological polar surface area (TPSA) is 98.4 Å². The van der Waals surface area contributed by atoms with Gasteiger partial charge in [-0.25, -0.2) is 19.2 Å². The number of hydrogen-bond donors (Lipinski definition) is 0. The van der Waals surface area contributed by atoms with E-state index in [1.165, 1.54) is 12.8 Å². The second kappa shape index (κ2) is 12.3. The van der Waals surface area contributed by atoms with Gasteiger partial charge in [-0.05, 0) is 96.4 Å². The molecule has 0 spiro atoms. The number of likely N-dealkylation sites (N-methyl/N-ethyl adjacent to an activating group) is 1. The van der Waals surface area contributed by atoms with Crippen molar-refractivity contribution >= 4 is 21.8 Å². The van der Waals surface area contributed by atoms with Crippen LogP contribution < -0.4 is 10.3 Å². The van der Waals surface area contributed by atoms with E-state index in [2.05, 4.69) is 38.0 Å². The van der Waals surface area contributed by atoms with Gasteiger partial charge in [0.25, 0.3) is 11.5 Å². The lowest BCUT2D eigenvalue weighted by atomic mass is 9.98. The molecule has 0 N–H and O–H groups in total. The lowest BCUT2D eigenvalue weighted by Gasteiger charge is -2.34. The number of benzene rings is 1. The SMILES string of the molecule is Cc1cc(C)n(-c2nc3c(c(=O)n2-c2ccc(OCC4CCCCN4C)nc2)CC(C)N(C(=O)c2ccc(Br)c(C)c2)C3)n1. The largest absolute Gasteiger partial charge is 0.476 e. The van der Waals surface area contributed by atoms with Crippen LogP contribution >= 0.6 is 15.9 Å². The summed E-state index contributed by atoms with van der Waals surface area (Å²) in [5.74, 6) is 0.794. The van der Waals surface area contributed by atoms with Crippen LogP contribution in [0.4, 0.5) is 0 Å². The molecule has 2 aliphatic heterocycles. The zero-order chi connectivity index (χ0) is 31.1. The number of piperidine rings is 1.